The predicted molar refractivity (Wildman–Crippen MR) is 111 cm³/mol. The SMILES string of the molecule is CC(C)COC(=O)[C@@H](Cn1ccnc1)NC(=O)c1ccc(-c2ccccc2F)cc1. The highest BCUT2D eigenvalue weighted by Gasteiger charge is 2.24. The van der Waals surface area contributed by atoms with Crippen LogP contribution in [-0.2, 0) is 16.1 Å². The number of benzene rings is 2. The van der Waals surface area contributed by atoms with E-state index in [0.29, 0.717) is 16.7 Å². The fraction of sp³-hybridized carbons (Fsp3) is 0.261. The van der Waals surface area contributed by atoms with E-state index in [4.69, 9.17) is 4.74 Å². The van der Waals surface area contributed by atoms with E-state index in [9.17, 15) is 14.0 Å². The molecule has 1 amide bonds. The number of aromatic nitrogens is 2. The Morgan fingerprint density at radius 2 is 1.87 bits per heavy atom. The second-order valence-corrected chi connectivity index (χ2v) is 7.37. The lowest BCUT2D eigenvalue weighted by atomic mass is 10.0. The van der Waals surface area contributed by atoms with Gasteiger partial charge in [-0.1, -0.05) is 44.2 Å². The predicted octanol–water partition coefficient (Wildman–Crippen LogP) is 3.69. The summed E-state index contributed by atoms with van der Waals surface area (Å²) in [4.78, 5) is 29.2. The summed E-state index contributed by atoms with van der Waals surface area (Å²) in [6.07, 6.45) is 4.87. The van der Waals surface area contributed by atoms with Crippen LogP contribution in [0.15, 0.2) is 67.3 Å². The summed E-state index contributed by atoms with van der Waals surface area (Å²) in [5, 5.41) is 2.73. The third-order valence-electron chi connectivity index (χ3n) is 4.43. The summed E-state index contributed by atoms with van der Waals surface area (Å²) in [5.74, 6) is -1.07. The number of ether oxygens (including phenoxy) is 1. The minimum absolute atomic E-state index is 0.185. The van der Waals surface area contributed by atoms with Crippen LogP contribution in [0.25, 0.3) is 11.1 Å². The summed E-state index contributed by atoms with van der Waals surface area (Å²) < 4.78 is 21.0. The molecule has 156 valence electrons. The smallest absolute Gasteiger partial charge is 0.330 e. The quantitative estimate of drug-likeness (QED) is 0.576. The molecule has 7 heteroatoms. The van der Waals surface area contributed by atoms with Crippen molar-refractivity contribution in [3.63, 3.8) is 0 Å². The van der Waals surface area contributed by atoms with Gasteiger partial charge in [-0.05, 0) is 29.7 Å². The van der Waals surface area contributed by atoms with Crippen LogP contribution < -0.4 is 5.32 Å². The highest BCUT2D eigenvalue weighted by molar-refractivity contribution is 5.97. The Bertz CT molecular complexity index is 985. The van der Waals surface area contributed by atoms with E-state index in [1.165, 1.54) is 6.07 Å². The number of nitrogens with one attached hydrogen (secondary N) is 1. The van der Waals surface area contributed by atoms with Gasteiger partial charge in [0, 0.05) is 23.5 Å². The average Bonchev–Trinajstić information content (AvgIpc) is 3.25. The molecule has 0 bridgehead atoms. The third-order valence-corrected chi connectivity index (χ3v) is 4.43. The van der Waals surface area contributed by atoms with E-state index < -0.39 is 17.9 Å². The summed E-state index contributed by atoms with van der Waals surface area (Å²) in [6.45, 7) is 4.35. The van der Waals surface area contributed by atoms with Crippen LogP contribution in [0.1, 0.15) is 24.2 Å². The number of imidazole rings is 1. The Hall–Kier alpha value is -3.48. The lowest BCUT2D eigenvalue weighted by Crippen LogP contribution is -2.44. The van der Waals surface area contributed by atoms with E-state index in [0.717, 1.165) is 0 Å². The number of esters is 1. The molecule has 0 saturated heterocycles. The average molecular weight is 409 g/mol. The number of nitrogens with zero attached hydrogens (tertiary/aromatic N) is 2. The second kappa shape index (κ2) is 9.82. The molecule has 0 aliphatic rings. The molecule has 0 aliphatic heterocycles. The zero-order valence-electron chi connectivity index (χ0n) is 16.9. The van der Waals surface area contributed by atoms with Crippen molar-refractivity contribution in [2.24, 2.45) is 5.92 Å². The van der Waals surface area contributed by atoms with Crippen molar-refractivity contribution >= 4 is 11.9 Å². The highest BCUT2D eigenvalue weighted by atomic mass is 19.1. The molecule has 0 aliphatic carbocycles. The molecule has 0 unspecified atom stereocenters. The molecule has 1 aromatic heterocycles. The first kappa shape index (κ1) is 21.2. The van der Waals surface area contributed by atoms with Crippen molar-refractivity contribution < 1.29 is 18.7 Å². The minimum atomic E-state index is -0.864. The molecule has 30 heavy (non-hydrogen) atoms. The number of rotatable bonds is 8. The summed E-state index contributed by atoms with van der Waals surface area (Å²) in [6, 6.07) is 12.1. The third kappa shape index (κ3) is 5.53. The maximum atomic E-state index is 14.0. The van der Waals surface area contributed by atoms with Gasteiger partial charge < -0.3 is 14.6 Å². The number of hydrogen-bond donors (Lipinski definition) is 1. The Kier molecular flexibility index (Phi) is 6.95. The molecule has 0 radical (unpaired) electrons. The van der Waals surface area contributed by atoms with Crippen LogP contribution in [0.4, 0.5) is 4.39 Å². The number of amides is 1. The van der Waals surface area contributed by atoms with Gasteiger partial charge in [-0.3, -0.25) is 4.79 Å². The molecule has 6 nitrogen and oxygen atoms in total. The van der Waals surface area contributed by atoms with Crippen LogP contribution in [0.2, 0.25) is 0 Å². The summed E-state index contributed by atoms with van der Waals surface area (Å²) in [5.41, 5.74) is 1.48. The standard InChI is InChI=1S/C23H24FN3O3/c1-16(2)14-30-23(29)21(13-27-12-11-25-15-27)26-22(28)18-9-7-17(8-10-18)19-5-3-4-6-20(19)24/h3-12,15-16,21H,13-14H2,1-2H3,(H,26,28)/t21-/m1/s1. The van der Waals surface area contributed by atoms with Gasteiger partial charge >= 0.3 is 5.97 Å². The monoisotopic (exact) mass is 409 g/mol. The maximum absolute atomic E-state index is 14.0. The maximum Gasteiger partial charge on any atom is 0.330 e. The number of hydrogen-bond acceptors (Lipinski definition) is 4. The Morgan fingerprint density at radius 1 is 1.13 bits per heavy atom. The molecule has 0 fully saturated rings. The zero-order chi connectivity index (χ0) is 21.5. The Labute approximate surface area is 174 Å². The van der Waals surface area contributed by atoms with Crippen LogP contribution >= 0.6 is 0 Å². The van der Waals surface area contributed by atoms with Gasteiger partial charge in [-0.2, -0.15) is 0 Å². The molecule has 1 atom stereocenters. The normalized spacial score (nSPS) is 11.9. The lowest BCUT2D eigenvalue weighted by Gasteiger charge is -2.19. The zero-order valence-corrected chi connectivity index (χ0v) is 16.9. The van der Waals surface area contributed by atoms with E-state index >= 15 is 0 Å². The topological polar surface area (TPSA) is 73.2 Å². The van der Waals surface area contributed by atoms with E-state index in [2.05, 4.69) is 10.3 Å². The molecule has 1 N–H and O–H groups in total. The molecule has 2 aromatic carbocycles. The van der Waals surface area contributed by atoms with Crippen LogP contribution in [-0.4, -0.2) is 34.1 Å². The van der Waals surface area contributed by atoms with Gasteiger partial charge in [-0.15, -0.1) is 0 Å². The van der Waals surface area contributed by atoms with Gasteiger partial charge in [0.1, 0.15) is 11.9 Å². The van der Waals surface area contributed by atoms with Gasteiger partial charge in [0.15, 0.2) is 0 Å². The minimum Gasteiger partial charge on any atom is -0.464 e. The number of carbonyl (C=O) groups is 2. The molecular formula is C23H24FN3O3. The van der Waals surface area contributed by atoms with Crippen LogP contribution in [0.5, 0.6) is 0 Å². The van der Waals surface area contributed by atoms with Crippen LogP contribution in [0.3, 0.4) is 0 Å². The van der Waals surface area contributed by atoms with Gasteiger partial charge in [0.2, 0.25) is 0 Å². The molecule has 3 aromatic rings. The first-order valence-electron chi connectivity index (χ1n) is 9.72. The second-order valence-electron chi connectivity index (χ2n) is 7.37. The summed E-state index contributed by atoms with van der Waals surface area (Å²) >= 11 is 0. The van der Waals surface area contributed by atoms with E-state index in [-0.39, 0.29) is 24.9 Å². The fourth-order valence-electron chi connectivity index (χ4n) is 2.87. The largest absolute Gasteiger partial charge is 0.464 e. The Balaban J connectivity index is 1.72. The van der Waals surface area contributed by atoms with Crippen molar-refractivity contribution in [2.75, 3.05) is 6.61 Å². The Morgan fingerprint density at radius 3 is 2.50 bits per heavy atom. The first-order valence-corrected chi connectivity index (χ1v) is 9.72. The van der Waals surface area contributed by atoms with Crippen molar-refractivity contribution in [3.8, 4) is 11.1 Å². The molecular weight excluding hydrogens is 385 g/mol. The van der Waals surface area contributed by atoms with Crippen molar-refractivity contribution in [1.82, 2.24) is 14.9 Å². The van der Waals surface area contributed by atoms with Crippen molar-refractivity contribution in [1.29, 1.82) is 0 Å². The van der Waals surface area contributed by atoms with Gasteiger partial charge in [0.05, 0.1) is 19.5 Å². The van der Waals surface area contributed by atoms with Crippen molar-refractivity contribution in [2.45, 2.75) is 26.4 Å². The summed E-state index contributed by atoms with van der Waals surface area (Å²) in [7, 11) is 0. The van der Waals surface area contributed by atoms with Crippen LogP contribution in [0, 0.1) is 11.7 Å². The lowest BCUT2D eigenvalue weighted by molar-refractivity contribution is -0.147. The molecule has 0 spiro atoms. The first-order chi connectivity index (χ1) is 14.4. The number of carbonyl (C=O) groups excluding carboxylic acids is 2. The van der Waals surface area contributed by atoms with Gasteiger partial charge in [0.25, 0.3) is 5.91 Å². The molecule has 0 saturated carbocycles. The van der Waals surface area contributed by atoms with Gasteiger partial charge in [-0.25, -0.2) is 14.2 Å². The fourth-order valence-corrected chi connectivity index (χ4v) is 2.87. The molecule has 3 rings (SSSR count). The number of halogens is 1. The van der Waals surface area contributed by atoms with E-state index in [1.54, 1.807) is 65.8 Å². The highest BCUT2D eigenvalue weighted by Crippen LogP contribution is 2.22. The van der Waals surface area contributed by atoms with Crippen molar-refractivity contribution in [3.05, 3.63) is 78.6 Å². The molecule has 1 heterocycles. The van der Waals surface area contributed by atoms with E-state index in [1.807, 2.05) is 13.8 Å².